The molecule has 0 amide bonds. The van der Waals surface area contributed by atoms with Crippen LogP contribution < -0.4 is 0 Å². The Morgan fingerprint density at radius 3 is 2.41 bits per heavy atom. The molecule has 0 aromatic heterocycles. The zero-order valence-electron chi connectivity index (χ0n) is 11.3. The Labute approximate surface area is 107 Å². The summed E-state index contributed by atoms with van der Waals surface area (Å²) in [6, 6.07) is 2.50. The third-order valence-electron chi connectivity index (χ3n) is 5.15. The molecule has 0 aromatic carbocycles. The summed E-state index contributed by atoms with van der Waals surface area (Å²) in [7, 11) is 0. The van der Waals surface area contributed by atoms with E-state index in [1.807, 2.05) is 0 Å². The van der Waals surface area contributed by atoms with Crippen LogP contribution in [0.1, 0.15) is 71.1 Å². The molecular weight excluding hydrogens is 206 g/mol. The van der Waals surface area contributed by atoms with Crippen LogP contribution in [0.3, 0.4) is 0 Å². The fourth-order valence-electron chi connectivity index (χ4n) is 4.13. The van der Waals surface area contributed by atoms with Crippen molar-refractivity contribution in [3.63, 3.8) is 0 Å². The highest BCUT2D eigenvalue weighted by Gasteiger charge is 2.31. The van der Waals surface area contributed by atoms with E-state index >= 15 is 0 Å². The predicted molar refractivity (Wildman–Crippen MR) is 71.4 cm³/mol. The van der Waals surface area contributed by atoms with E-state index in [0.717, 1.165) is 24.2 Å². The molecule has 2 aliphatic carbocycles. The van der Waals surface area contributed by atoms with Crippen molar-refractivity contribution in [3.05, 3.63) is 0 Å². The van der Waals surface area contributed by atoms with Gasteiger partial charge in [0.2, 0.25) is 0 Å². The van der Waals surface area contributed by atoms with Gasteiger partial charge >= 0.3 is 0 Å². The largest absolute Gasteiger partial charge is 0.198 e. The van der Waals surface area contributed by atoms with Gasteiger partial charge in [-0.3, -0.25) is 0 Å². The van der Waals surface area contributed by atoms with Crippen LogP contribution in [0.15, 0.2) is 0 Å². The van der Waals surface area contributed by atoms with E-state index in [-0.39, 0.29) is 0 Å². The van der Waals surface area contributed by atoms with Crippen molar-refractivity contribution >= 4 is 0 Å². The van der Waals surface area contributed by atoms with Crippen LogP contribution >= 0.6 is 0 Å². The molecular formula is C16H27N. The molecule has 2 aliphatic rings. The molecule has 0 aliphatic heterocycles. The Bertz CT molecular complexity index is 257. The monoisotopic (exact) mass is 233 g/mol. The Kier molecular flexibility index (Phi) is 4.89. The number of nitrogens with zero attached hydrogens (tertiary/aromatic N) is 1. The van der Waals surface area contributed by atoms with Crippen LogP contribution in [0, 0.1) is 35.0 Å². The van der Waals surface area contributed by atoms with Gasteiger partial charge < -0.3 is 0 Å². The van der Waals surface area contributed by atoms with E-state index < -0.39 is 0 Å². The molecule has 0 N–H and O–H groups in total. The van der Waals surface area contributed by atoms with Crippen molar-refractivity contribution in [1.29, 1.82) is 5.26 Å². The van der Waals surface area contributed by atoms with Crippen LogP contribution in [0.2, 0.25) is 0 Å². The number of nitriles is 1. The third-order valence-corrected chi connectivity index (χ3v) is 5.15. The van der Waals surface area contributed by atoms with Crippen molar-refractivity contribution in [2.75, 3.05) is 0 Å². The minimum absolute atomic E-state index is 0.377. The van der Waals surface area contributed by atoms with Crippen molar-refractivity contribution in [2.45, 2.75) is 71.1 Å². The SMILES string of the molecule is CCCC1CCC(C2CCCC(C#N)C2)CC1. The van der Waals surface area contributed by atoms with Gasteiger partial charge in [-0.05, 0) is 43.4 Å². The molecule has 2 saturated carbocycles. The summed E-state index contributed by atoms with van der Waals surface area (Å²) in [5.74, 6) is 3.24. The Hall–Kier alpha value is -0.510. The summed E-state index contributed by atoms with van der Waals surface area (Å²) in [4.78, 5) is 0. The zero-order chi connectivity index (χ0) is 12.1. The second-order valence-electron chi connectivity index (χ2n) is 6.32. The topological polar surface area (TPSA) is 23.8 Å². The predicted octanol–water partition coefficient (Wildman–Crippen LogP) is 4.92. The molecule has 0 heterocycles. The highest BCUT2D eigenvalue weighted by atomic mass is 14.4. The molecule has 0 spiro atoms. The van der Waals surface area contributed by atoms with Crippen LogP contribution in [0.5, 0.6) is 0 Å². The van der Waals surface area contributed by atoms with Crippen molar-refractivity contribution in [3.8, 4) is 6.07 Å². The smallest absolute Gasteiger partial charge is 0.0655 e. The minimum atomic E-state index is 0.377. The van der Waals surface area contributed by atoms with Crippen LogP contribution in [-0.4, -0.2) is 0 Å². The van der Waals surface area contributed by atoms with Gasteiger partial charge in [0.05, 0.1) is 6.07 Å². The second-order valence-corrected chi connectivity index (χ2v) is 6.32. The average molecular weight is 233 g/mol. The minimum Gasteiger partial charge on any atom is -0.198 e. The van der Waals surface area contributed by atoms with Gasteiger partial charge in [-0.2, -0.15) is 5.26 Å². The third kappa shape index (κ3) is 3.47. The molecule has 2 fully saturated rings. The van der Waals surface area contributed by atoms with E-state index in [2.05, 4.69) is 13.0 Å². The maximum absolute atomic E-state index is 9.07. The molecule has 17 heavy (non-hydrogen) atoms. The number of hydrogen-bond acceptors (Lipinski definition) is 1. The highest BCUT2D eigenvalue weighted by Crippen LogP contribution is 2.42. The lowest BCUT2D eigenvalue weighted by atomic mass is 9.68. The van der Waals surface area contributed by atoms with E-state index in [4.69, 9.17) is 5.26 Å². The summed E-state index contributed by atoms with van der Waals surface area (Å²) >= 11 is 0. The van der Waals surface area contributed by atoms with Crippen molar-refractivity contribution < 1.29 is 0 Å². The van der Waals surface area contributed by atoms with Crippen LogP contribution in [0.25, 0.3) is 0 Å². The molecule has 2 unspecified atom stereocenters. The van der Waals surface area contributed by atoms with E-state index in [9.17, 15) is 0 Å². The van der Waals surface area contributed by atoms with Crippen molar-refractivity contribution in [2.24, 2.45) is 23.7 Å². The van der Waals surface area contributed by atoms with Gasteiger partial charge in [0.1, 0.15) is 0 Å². The molecule has 1 nitrogen and oxygen atoms in total. The lowest BCUT2D eigenvalue weighted by Gasteiger charge is -2.37. The fourth-order valence-corrected chi connectivity index (χ4v) is 4.13. The summed E-state index contributed by atoms with van der Waals surface area (Å²) in [6.45, 7) is 2.31. The molecule has 0 aromatic rings. The first-order chi connectivity index (χ1) is 8.33. The normalized spacial score (nSPS) is 38.6. The lowest BCUT2D eigenvalue weighted by molar-refractivity contribution is 0.150. The van der Waals surface area contributed by atoms with Gasteiger partial charge in [0.15, 0.2) is 0 Å². The number of hydrogen-bond donors (Lipinski definition) is 0. The molecule has 0 bridgehead atoms. The molecule has 0 radical (unpaired) electrons. The molecule has 96 valence electrons. The van der Waals surface area contributed by atoms with Gasteiger partial charge in [0, 0.05) is 5.92 Å². The maximum atomic E-state index is 9.07. The quantitative estimate of drug-likeness (QED) is 0.678. The first kappa shape index (κ1) is 12.9. The van der Waals surface area contributed by atoms with E-state index in [0.29, 0.717) is 5.92 Å². The van der Waals surface area contributed by atoms with Gasteiger partial charge in [-0.15, -0.1) is 0 Å². The van der Waals surface area contributed by atoms with Gasteiger partial charge in [-0.25, -0.2) is 0 Å². The Morgan fingerprint density at radius 2 is 1.76 bits per heavy atom. The zero-order valence-corrected chi connectivity index (χ0v) is 11.3. The standard InChI is InChI=1S/C16H27N/c1-2-4-13-7-9-15(10-8-13)16-6-3-5-14(11-16)12-17/h13-16H,2-11H2,1H3. The Balaban J connectivity index is 1.78. The second kappa shape index (κ2) is 6.43. The highest BCUT2D eigenvalue weighted by molar-refractivity contribution is 4.90. The first-order valence-corrected chi connectivity index (χ1v) is 7.73. The summed E-state index contributed by atoms with van der Waals surface area (Å²) in [5, 5.41) is 9.07. The summed E-state index contributed by atoms with van der Waals surface area (Å²) in [6.07, 6.45) is 13.7. The fraction of sp³-hybridized carbons (Fsp3) is 0.938. The van der Waals surface area contributed by atoms with E-state index in [1.54, 1.807) is 0 Å². The average Bonchev–Trinajstić information content (AvgIpc) is 2.40. The lowest BCUT2D eigenvalue weighted by Crippen LogP contribution is -2.26. The summed E-state index contributed by atoms with van der Waals surface area (Å²) in [5.41, 5.74) is 0. The van der Waals surface area contributed by atoms with Gasteiger partial charge in [-0.1, -0.05) is 45.4 Å². The molecule has 0 saturated heterocycles. The van der Waals surface area contributed by atoms with Crippen LogP contribution in [0.4, 0.5) is 0 Å². The van der Waals surface area contributed by atoms with Crippen molar-refractivity contribution in [1.82, 2.24) is 0 Å². The van der Waals surface area contributed by atoms with Crippen LogP contribution in [-0.2, 0) is 0 Å². The Morgan fingerprint density at radius 1 is 1.00 bits per heavy atom. The molecule has 2 rings (SSSR count). The number of rotatable bonds is 3. The maximum Gasteiger partial charge on any atom is 0.0655 e. The first-order valence-electron chi connectivity index (χ1n) is 7.73. The summed E-state index contributed by atoms with van der Waals surface area (Å²) < 4.78 is 0. The van der Waals surface area contributed by atoms with E-state index in [1.165, 1.54) is 57.8 Å². The molecule has 1 heteroatoms. The molecule has 2 atom stereocenters. The van der Waals surface area contributed by atoms with Gasteiger partial charge in [0.25, 0.3) is 0 Å².